The van der Waals surface area contributed by atoms with Crippen LogP contribution in [0, 0.1) is 11.8 Å². The van der Waals surface area contributed by atoms with Crippen LogP contribution in [0.4, 0.5) is 0 Å². The molecule has 1 heteroatoms. The van der Waals surface area contributed by atoms with Crippen molar-refractivity contribution >= 4 is 11.6 Å². The SMILES string of the molecule is ClC1=CC2CCCCC2CC1. The summed E-state index contributed by atoms with van der Waals surface area (Å²) >= 11 is 6.00. The lowest BCUT2D eigenvalue weighted by Crippen LogP contribution is -2.20. The predicted octanol–water partition coefficient (Wildman–Crippen LogP) is 3.71. The van der Waals surface area contributed by atoms with Crippen LogP contribution in [0.1, 0.15) is 38.5 Å². The first-order valence-electron chi connectivity index (χ1n) is 4.72. The quantitative estimate of drug-likeness (QED) is 0.520. The van der Waals surface area contributed by atoms with Gasteiger partial charge < -0.3 is 0 Å². The zero-order valence-corrected chi connectivity index (χ0v) is 7.61. The van der Waals surface area contributed by atoms with Gasteiger partial charge in [-0.3, -0.25) is 0 Å². The van der Waals surface area contributed by atoms with Gasteiger partial charge in [-0.15, -0.1) is 0 Å². The van der Waals surface area contributed by atoms with Gasteiger partial charge in [0.1, 0.15) is 0 Å². The number of rotatable bonds is 0. The zero-order chi connectivity index (χ0) is 7.68. The predicted molar refractivity (Wildman–Crippen MR) is 48.6 cm³/mol. The average molecular weight is 171 g/mol. The molecule has 2 aliphatic rings. The molecule has 0 bridgehead atoms. The van der Waals surface area contributed by atoms with E-state index >= 15 is 0 Å². The minimum Gasteiger partial charge on any atom is -0.0895 e. The second-order valence-corrected chi connectivity index (χ2v) is 4.35. The van der Waals surface area contributed by atoms with Gasteiger partial charge in [0.25, 0.3) is 0 Å². The Bertz CT molecular complexity index is 172. The van der Waals surface area contributed by atoms with Gasteiger partial charge in [0.2, 0.25) is 0 Å². The minimum absolute atomic E-state index is 0.838. The molecule has 1 saturated carbocycles. The van der Waals surface area contributed by atoms with Crippen molar-refractivity contribution in [3.8, 4) is 0 Å². The largest absolute Gasteiger partial charge is 0.0895 e. The molecule has 62 valence electrons. The molecular formula is C10H15Cl. The highest BCUT2D eigenvalue weighted by Crippen LogP contribution is 2.39. The Balaban J connectivity index is 2.07. The Hall–Kier alpha value is 0.0300. The molecule has 0 spiro atoms. The summed E-state index contributed by atoms with van der Waals surface area (Å²) in [7, 11) is 0. The molecule has 0 aromatic heterocycles. The van der Waals surface area contributed by atoms with E-state index in [1.54, 1.807) is 0 Å². The number of fused-ring (bicyclic) bond motifs is 1. The molecule has 1 fully saturated rings. The fourth-order valence-electron chi connectivity index (χ4n) is 2.45. The van der Waals surface area contributed by atoms with Crippen molar-refractivity contribution in [2.45, 2.75) is 38.5 Å². The standard InChI is InChI=1S/C10H15Cl/c11-10-6-5-8-3-1-2-4-9(8)7-10/h7-9H,1-6H2. The molecule has 0 aromatic rings. The monoisotopic (exact) mass is 170 g/mol. The maximum atomic E-state index is 6.00. The van der Waals surface area contributed by atoms with Crippen LogP contribution in [0.3, 0.4) is 0 Å². The van der Waals surface area contributed by atoms with E-state index in [1.165, 1.54) is 32.1 Å². The van der Waals surface area contributed by atoms with E-state index in [4.69, 9.17) is 11.6 Å². The number of hydrogen-bond donors (Lipinski definition) is 0. The van der Waals surface area contributed by atoms with E-state index in [0.29, 0.717) is 0 Å². The van der Waals surface area contributed by atoms with E-state index < -0.39 is 0 Å². The molecule has 0 heterocycles. The van der Waals surface area contributed by atoms with Crippen LogP contribution in [0.15, 0.2) is 11.1 Å². The number of halogens is 1. The fourth-order valence-corrected chi connectivity index (χ4v) is 2.72. The molecule has 0 N–H and O–H groups in total. The lowest BCUT2D eigenvalue weighted by Gasteiger charge is -2.32. The molecule has 2 unspecified atom stereocenters. The van der Waals surface area contributed by atoms with Crippen LogP contribution in [0.5, 0.6) is 0 Å². The molecule has 2 rings (SSSR count). The zero-order valence-electron chi connectivity index (χ0n) is 6.85. The molecule has 0 nitrogen and oxygen atoms in total. The maximum Gasteiger partial charge on any atom is 0.0144 e. The molecule has 0 radical (unpaired) electrons. The van der Waals surface area contributed by atoms with Gasteiger partial charge >= 0.3 is 0 Å². The van der Waals surface area contributed by atoms with E-state index in [0.717, 1.165) is 23.3 Å². The van der Waals surface area contributed by atoms with E-state index in [-0.39, 0.29) is 0 Å². The summed E-state index contributed by atoms with van der Waals surface area (Å²) in [6.07, 6.45) is 10.5. The van der Waals surface area contributed by atoms with Crippen LogP contribution in [-0.2, 0) is 0 Å². The Morgan fingerprint density at radius 1 is 1.18 bits per heavy atom. The summed E-state index contributed by atoms with van der Waals surface area (Å²) < 4.78 is 0. The average Bonchev–Trinajstić information content (AvgIpc) is 2.04. The smallest absolute Gasteiger partial charge is 0.0144 e. The lowest BCUT2D eigenvalue weighted by atomic mass is 9.74. The first kappa shape index (κ1) is 7.67. The van der Waals surface area contributed by atoms with Crippen LogP contribution in [0.25, 0.3) is 0 Å². The normalized spacial score (nSPS) is 37.7. The Morgan fingerprint density at radius 3 is 2.91 bits per heavy atom. The molecule has 0 saturated heterocycles. The topological polar surface area (TPSA) is 0 Å². The van der Waals surface area contributed by atoms with Crippen molar-refractivity contribution in [2.75, 3.05) is 0 Å². The molecule has 2 aliphatic carbocycles. The van der Waals surface area contributed by atoms with E-state index in [2.05, 4.69) is 6.08 Å². The van der Waals surface area contributed by atoms with Crippen molar-refractivity contribution in [2.24, 2.45) is 11.8 Å². The van der Waals surface area contributed by atoms with Gasteiger partial charge in [-0.1, -0.05) is 30.5 Å². The summed E-state index contributed by atoms with van der Waals surface area (Å²) in [5.74, 6) is 1.82. The first-order valence-corrected chi connectivity index (χ1v) is 5.10. The Labute approximate surface area is 73.6 Å². The van der Waals surface area contributed by atoms with Crippen molar-refractivity contribution in [3.63, 3.8) is 0 Å². The summed E-state index contributed by atoms with van der Waals surface area (Å²) in [4.78, 5) is 0. The van der Waals surface area contributed by atoms with Crippen LogP contribution >= 0.6 is 11.6 Å². The van der Waals surface area contributed by atoms with Gasteiger partial charge in [-0.2, -0.15) is 0 Å². The number of hydrogen-bond acceptors (Lipinski definition) is 0. The lowest BCUT2D eigenvalue weighted by molar-refractivity contribution is 0.258. The molecule has 2 atom stereocenters. The highest BCUT2D eigenvalue weighted by molar-refractivity contribution is 6.29. The highest BCUT2D eigenvalue weighted by Gasteiger charge is 2.26. The van der Waals surface area contributed by atoms with Gasteiger partial charge in [0.15, 0.2) is 0 Å². The Kier molecular flexibility index (Phi) is 2.22. The summed E-state index contributed by atoms with van der Waals surface area (Å²) in [5, 5.41) is 1.12. The van der Waals surface area contributed by atoms with Gasteiger partial charge in [-0.25, -0.2) is 0 Å². The second kappa shape index (κ2) is 3.18. The number of allylic oxidation sites excluding steroid dienone is 2. The summed E-state index contributed by atoms with van der Waals surface area (Å²) in [6, 6.07) is 0. The third-order valence-corrected chi connectivity index (χ3v) is 3.43. The Morgan fingerprint density at radius 2 is 2.00 bits per heavy atom. The van der Waals surface area contributed by atoms with Crippen LogP contribution in [-0.4, -0.2) is 0 Å². The van der Waals surface area contributed by atoms with Gasteiger partial charge in [0.05, 0.1) is 0 Å². The summed E-state index contributed by atoms with van der Waals surface area (Å²) in [5.41, 5.74) is 0. The molecule has 0 amide bonds. The fraction of sp³-hybridized carbons (Fsp3) is 0.800. The third-order valence-electron chi connectivity index (χ3n) is 3.12. The van der Waals surface area contributed by atoms with Crippen molar-refractivity contribution in [3.05, 3.63) is 11.1 Å². The molecule has 0 aromatic carbocycles. The maximum absolute atomic E-state index is 6.00. The first-order chi connectivity index (χ1) is 5.36. The van der Waals surface area contributed by atoms with Gasteiger partial charge in [-0.05, 0) is 37.5 Å². The van der Waals surface area contributed by atoms with Crippen molar-refractivity contribution in [1.29, 1.82) is 0 Å². The second-order valence-electron chi connectivity index (χ2n) is 3.86. The molecular weight excluding hydrogens is 156 g/mol. The van der Waals surface area contributed by atoms with E-state index in [1.807, 2.05) is 0 Å². The molecule has 0 aliphatic heterocycles. The summed E-state index contributed by atoms with van der Waals surface area (Å²) in [6.45, 7) is 0. The van der Waals surface area contributed by atoms with Gasteiger partial charge in [0, 0.05) is 5.03 Å². The highest BCUT2D eigenvalue weighted by atomic mass is 35.5. The van der Waals surface area contributed by atoms with Crippen LogP contribution in [0.2, 0.25) is 0 Å². The molecule has 11 heavy (non-hydrogen) atoms. The third kappa shape index (κ3) is 1.61. The van der Waals surface area contributed by atoms with Crippen molar-refractivity contribution in [1.82, 2.24) is 0 Å². The van der Waals surface area contributed by atoms with Crippen molar-refractivity contribution < 1.29 is 0 Å². The van der Waals surface area contributed by atoms with Crippen LogP contribution < -0.4 is 0 Å². The minimum atomic E-state index is 0.838. The van der Waals surface area contributed by atoms with E-state index in [9.17, 15) is 0 Å².